The first kappa shape index (κ1) is 20.6. The average Bonchev–Trinajstić information content (AvgIpc) is 3.14. The number of carbonyl (C=O) groups excluding carboxylic acids is 1. The fourth-order valence-electron chi connectivity index (χ4n) is 4.76. The third kappa shape index (κ3) is 3.73. The van der Waals surface area contributed by atoms with E-state index < -0.39 is 0 Å². The van der Waals surface area contributed by atoms with Crippen LogP contribution in [-0.4, -0.2) is 26.5 Å². The van der Waals surface area contributed by atoms with Crippen molar-refractivity contribution in [2.75, 3.05) is 0 Å². The van der Waals surface area contributed by atoms with Crippen LogP contribution < -0.4 is 5.32 Å². The maximum absolute atomic E-state index is 13.1. The molecule has 0 saturated heterocycles. The van der Waals surface area contributed by atoms with E-state index in [1.807, 2.05) is 11.4 Å². The predicted molar refractivity (Wildman–Crippen MR) is 120 cm³/mol. The van der Waals surface area contributed by atoms with Gasteiger partial charge >= 0.3 is 0 Å². The number of carbonyl (C=O) groups is 1. The number of aryl methyl sites for hydroxylation is 3. The molecule has 3 aromatic rings. The van der Waals surface area contributed by atoms with Gasteiger partial charge in [0.2, 0.25) is 0 Å². The van der Waals surface area contributed by atoms with Crippen molar-refractivity contribution in [1.29, 1.82) is 0 Å². The zero-order valence-corrected chi connectivity index (χ0v) is 18.7. The van der Waals surface area contributed by atoms with Gasteiger partial charge in [0, 0.05) is 23.9 Å². The van der Waals surface area contributed by atoms with Crippen molar-refractivity contribution in [3.63, 3.8) is 0 Å². The number of nitrogens with one attached hydrogen (secondary N) is 1. The van der Waals surface area contributed by atoms with Crippen LogP contribution in [0.3, 0.4) is 0 Å². The van der Waals surface area contributed by atoms with Gasteiger partial charge in [-0.05, 0) is 55.7 Å². The van der Waals surface area contributed by atoms with Gasteiger partial charge in [-0.3, -0.25) is 4.79 Å². The second-order valence-electron chi connectivity index (χ2n) is 9.01. The Kier molecular flexibility index (Phi) is 5.63. The zero-order chi connectivity index (χ0) is 21.4. The lowest BCUT2D eigenvalue weighted by atomic mass is 9.78. The Hall–Kier alpha value is -2.69. The largest absolute Gasteiger partial charge is 0.349 e. The molecular formula is C25H32N4O. The highest BCUT2D eigenvalue weighted by Gasteiger charge is 2.29. The number of nitrogens with zero attached hydrogens (tertiary/aromatic N) is 3. The molecule has 0 unspecified atom stereocenters. The first-order valence-electron chi connectivity index (χ1n) is 11.1. The van der Waals surface area contributed by atoms with E-state index in [-0.39, 0.29) is 11.9 Å². The lowest BCUT2D eigenvalue weighted by molar-refractivity contribution is 0.0892. The molecule has 0 aliphatic heterocycles. The molecule has 1 aromatic carbocycles. The average molecular weight is 405 g/mol. The molecule has 1 amide bonds. The van der Waals surface area contributed by atoms with Crippen LogP contribution in [0.2, 0.25) is 0 Å². The molecule has 30 heavy (non-hydrogen) atoms. The molecule has 1 N–H and O–H groups in total. The molecule has 4 rings (SSSR count). The molecule has 2 heterocycles. The maximum Gasteiger partial charge on any atom is 0.256 e. The summed E-state index contributed by atoms with van der Waals surface area (Å²) >= 11 is 0. The lowest BCUT2D eigenvalue weighted by Gasteiger charge is -2.34. The summed E-state index contributed by atoms with van der Waals surface area (Å²) in [5.74, 6) is 1.06. The van der Waals surface area contributed by atoms with Crippen molar-refractivity contribution < 1.29 is 4.79 Å². The van der Waals surface area contributed by atoms with Crippen LogP contribution in [0, 0.1) is 32.6 Å². The Labute approximate surface area is 178 Å². The highest BCUT2D eigenvalue weighted by Crippen LogP contribution is 2.30. The predicted octanol–water partition coefficient (Wildman–Crippen LogP) is 4.80. The molecule has 0 bridgehead atoms. The minimum absolute atomic E-state index is 0.0612. The van der Waals surface area contributed by atoms with Crippen LogP contribution in [0.1, 0.15) is 71.5 Å². The highest BCUT2D eigenvalue weighted by molar-refractivity contribution is 5.99. The zero-order valence-electron chi connectivity index (χ0n) is 18.7. The van der Waals surface area contributed by atoms with Crippen LogP contribution in [-0.2, 0) is 6.42 Å². The summed E-state index contributed by atoms with van der Waals surface area (Å²) in [5.41, 5.74) is 6.93. The van der Waals surface area contributed by atoms with Crippen LogP contribution in [0.5, 0.6) is 0 Å². The third-order valence-corrected chi connectivity index (χ3v) is 7.11. The Morgan fingerprint density at radius 2 is 1.93 bits per heavy atom. The van der Waals surface area contributed by atoms with Gasteiger partial charge in [0.25, 0.3) is 5.91 Å². The second kappa shape index (κ2) is 8.21. The number of hydrogen-bond donors (Lipinski definition) is 1. The summed E-state index contributed by atoms with van der Waals surface area (Å²) in [6.07, 6.45) is 5.94. The smallest absolute Gasteiger partial charge is 0.256 e. The Balaban J connectivity index is 1.64. The number of benzene rings is 1. The molecule has 158 valence electrons. The van der Waals surface area contributed by atoms with Crippen molar-refractivity contribution in [3.8, 4) is 0 Å². The molecule has 5 heteroatoms. The van der Waals surface area contributed by atoms with Crippen molar-refractivity contribution in [2.24, 2.45) is 11.8 Å². The van der Waals surface area contributed by atoms with E-state index in [1.54, 1.807) is 6.20 Å². The summed E-state index contributed by atoms with van der Waals surface area (Å²) in [5, 5.41) is 7.79. The molecule has 1 aliphatic carbocycles. The fourth-order valence-corrected chi connectivity index (χ4v) is 4.76. The fraction of sp³-hybridized carbons (Fsp3) is 0.480. The van der Waals surface area contributed by atoms with E-state index in [1.165, 1.54) is 29.5 Å². The molecular weight excluding hydrogens is 372 g/mol. The Morgan fingerprint density at radius 1 is 1.17 bits per heavy atom. The topological polar surface area (TPSA) is 59.3 Å². The molecule has 1 saturated carbocycles. The highest BCUT2D eigenvalue weighted by atomic mass is 16.1. The minimum atomic E-state index is -0.0612. The molecule has 2 aromatic heterocycles. The van der Waals surface area contributed by atoms with Crippen LogP contribution >= 0.6 is 0 Å². The lowest BCUT2D eigenvalue weighted by Crippen LogP contribution is -2.43. The van der Waals surface area contributed by atoms with Crippen molar-refractivity contribution >= 4 is 11.6 Å². The number of hydrogen-bond acceptors (Lipinski definition) is 3. The summed E-state index contributed by atoms with van der Waals surface area (Å²) in [6, 6.07) is 8.65. The molecule has 3 atom stereocenters. The van der Waals surface area contributed by atoms with E-state index in [0.29, 0.717) is 23.0 Å². The van der Waals surface area contributed by atoms with Gasteiger partial charge in [-0.15, -0.1) is 0 Å². The van der Waals surface area contributed by atoms with Crippen LogP contribution in [0.4, 0.5) is 0 Å². The van der Waals surface area contributed by atoms with Crippen molar-refractivity contribution in [3.05, 3.63) is 64.1 Å². The summed E-state index contributed by atoms with van der Waals surface area (Å²) in [6.45, 7) is 10.8. The molecule has 1 fully saturated rings. The number of aromatic nitrogens is 3. The van der Waals surface area contributed by atoms with E-state index in [4.69, 9.17) is 4.98 Å². The van der Waals surface area contributed by atoms with Gasteiger partial charge in [0.05, 0.1) is 6.20 Å². The van der Waals surface area contributed by atoms with Gasteiger partial charge in [-0.2, -0.15) is 5.10 Å². The van der Waals surface area contributed by atoms with E-state index in [0.717, 1.165) is 24.2 Å². The van der Waals surface area contributed by atoms with Crippen molar-refractivity contribution in [2.45, 2.75) is 66.3 Å². The number of fused-ring (bicyclic) bond motifs is 1. The summed E-state index contributed by atoms with van der Waals surface area (Å²) in [7, 11) is 0. The monoisotopic (exact) mass is 404 g/mol. The molecule has 0 spiro atoms. The normalized spacial score (nSPS) is 21.7. The second-order valence-corrected chi connectivity index (χ2v) is 9.01. The SMILES string of the molecule is Cc1ccccc1Cc1c(C)nc2c(C(=O)N[C@@H]3CCC[C@@H](C)[C@H]3C)cnn2c1C. The van der Waals surface area contributed by atoms with E-state index >= 15 is 0 Å². The van der Waals surface area contributed by atoms with E-state index in [9.17, 15) is 4.79 Å². The van der Waals surface area contributed by atoms with Gasteiger partial charge < -0.3 is 5.32 Å². The quantitative estimate of drug-likeness (QED) is 0.679. The number of amides is 1. The maximum atomic E-state index is 13.1. The molecule has 0 radical (unpaired) electrons. The van der Waals surface area contributed by atoms with Gasteiger partial charge in [0.15, 0.2) is 5.65 Å². The van der Waals surface area contributed by atoms with E-state index in [2.05, 4.69) is 62.4 Å². The molecule has 5 nitrogen and oxygen atoms in total. The number of rotatable bonds is 4. The first-order chi connectivity index (χ1) is 14.4. The standard InChI is InChI=1S/C25H32N4O/c1-15-10-8-12-23(17(15)3)28-25(30)22-14-26-29-19(5)21(18(4)27-24(22)29)13-20-11-7-6-9-16(20)2/h6-7,9,11,14-15,17,23H,8,10,12-13H2,1-5H3,(H,28,30)/t15-,17-,23-/m1/s1. The minimum Gasteiger partial charge on any atom is -0.349 e. The third-order valence-electron chi connectivity index (χ3n) is 7.11. The van der Waals surface area contributed by atoms with Crippen LogP contribution in [0.25, 0.3) is 5.65 Å². The molecule has 1 aliphatic rings. The summed E-state index contributed by atoms with van der Waals surface area (Å²) < 4.78 is 1.82. The van der Waals surface area contributed by atoms with Gasteiger partial charge in [-0.25, -0.2) is 9.50 Å². The first-order valence-corrected chi connectivity index (χ1v) is 11.1. The Bertz CT molecular complexity index is 1080. The van der Waals surface area contributed by atoms with Crippen LogP contribution in [0.15, 0.2) is 30.5 Å². The summed E-state index contributed by atoms with van der Waals surface area (Å²) in [4.78, 5) is 17.9. The van der Waals surface area contributed by atoms with Crippen molar-refractivity contribution in [1.82, 2.24) is 19.9 Å². The van der Waals surface area contributed by atoms with Gasteiger partial charge in [-0.1, -0.05) is 51.0 Å². The Morgan fingerprint density at radius 3 is 2.70 bits per heavy atom. The van der Waals surface area contributed by atoms with Gasteiger partial charge in [0.1, 0.15) is 5.56 Å².